The highest BCUT2D eigenvalue weighted by Gasteiger charge is 2.12. The topological polar surface area (TPSA) is 46.5 Å². The van der Waals surface area contributed by atoms with E-state index in [-0.39, 0.29) is 4.90 Å². The van der Waals surface area contributed by atoms with Crippen molar-refractivity contribution in [3.8, 4) is 0 Å². The molecule has 21 heavy (non-hydrogen) atoms. The highest BCUT2D eigenvalue weighted by molar-refractivity contribution is 7.90. The van der Waals surface area contributed by atoms with E-state index in [0.717, 1.165) is 21.6 Å². The third-order valence-corrected chi connectivity index (χ3v) is 4.77. The average Bonchev–Trinajstić information content (AvgIpc) is 2.89. The molecular formula is C17H15NO2S. The predicted octanol–water partition coefficient (Wildman–Crippen LogP) is 1.79. The minimum absolute atomic E-state index is 0.222. The van der Waals surface area contributed by atoms with Gasteiger partial charge in [-0.25, -0.2) is 0 Å². The van der Waals surface area contributed by atoms with Crippen molar-refractivity contribution in [3.63, 3.8) is 0 Å². The lowest BCUT2D eigenvalue weighted by Gasteiger charge is -1.99. The van der Waals surface area contributed by atoms with Crippen molar-refractivity contribution in [1.29, 1.82) is 0 Å². The maximum Gasteiger partial charge on any atom is 0.282 e. The second-order valence-corrected chi connectivity index (χ2v) is 6.68. The van der Waals surface area contributed by atoms with Gasteiger partial charge in [-0.1, -0.05) is 48.0 Å². The monoisotopic (exact) mass is 297 g/mol. The van der Waals surface area contributed by atoms with Gasteiger partial charge < -0.3 is 0 Å². The Bertz CT molecular complexity index is 924. The van der Waals surface area contributed by atoms with Crippen LogP contribution >= 0.6 is 0 Å². The fourth-order valence-electron chi connectivity index (χ4n) is 2.32. The molecule has 0 fully saturated rings. The molecule has 1 aliphatic carbocycles. The Balaban J connectivity index is 1.98. The largest absolute Gasteiger partial charge is 0.282 e. The van der Waals surface area contributed by atoms with Crippen LogP contribution in [-0.4, -0.2) is 14.6 Å². The molecule has 1 aliphatic rings. The summed E-state index contributed by atoms with van der Waals surface area (Å²) in [6.45, 7) is 1.92. The molecule has 0 amide bonds. The van der Waals surface area contributed by atoms with Crippen LogP contribution in [0.5, 0.6) is 0 Å². The van der Waals surface area contributed by atoms with Crippen LogP contribution in [0.2, 0.25) is 0 Å². The first-order chi connectivity index (χ1) is 10.1. The van der Waals surface area contributed by atoms with Gasteiger partial charge in [-0.05, 0) is 41.5 Å². The first kappa shape index (κ1) is 13.8. The number of aryl methyl sites for hydroxylation is 1. The van der Waals surface area contributed by atoms with Crippen LogP contribution in [-0.2, 0) is 10.0 Å². The van der Waals surface area contributed by atoms with Gasteiger partial charge in [-0.3, -0.25) is 0 Å². The lowest BCUT2D eigenvalue weighted by molar-refractivity contribution is 0.598. The molecule has 3 rings (SSSR count). The third-order valence-electron chi connectivity index (χ3n) is 3.51. The van der Waals surface area contributed by atoms with Gasteiger partial charge in [0.1, 0.15) is 0 Å². The molecule has 2 aromatic carbocycles. The van der Waals surface area contributed by atoms with Crippen LogP contribution in [0, 0.1) is 6.92 Å². The van der Waals surface area contributed by atoms with Crippen LogP contribution in [0.15, 0.2) is 57.8 Å². The molecule has 0 N–H and O–H groups in total. The number of hydrogen-bond donors (Lipinski definition) is 0. The zero-order chi connectivity index (χ0) is 14.9. The quantitative estimate of drug-likeness (QED) is 0.811. The van der Waals surface area contributed by atoms with Gasteiger partial charge in [0.25, 0.3) is 10.0 Å². The first-order valence-electron chi connectivity index (χ1n) is 6.72. The number of fused-ring (bicyclic) bond motifs is 1. The van der Waals surface area contributed by atoms with Crippen LogP contribution in [0.4, 0.5) is 0 Å². The number of rotatable bonds is 3. The summed E-state index contributed by atoms with van der Waals surface area (Å²) in [6, 6.07) is 14.6. The van der Waals surface area contributed by atoms with E-state index in [2.05, 4.69) is 10.5 Å². The molecule has 3 nitrogen and oxygen atoms in total. The smallest absolute Gasteiger partial charge is 0.199 e. The van der Waals surface area contributed by atoms with Gasteiger partial charge in [0.15, 0.2) is 0 Å². The molecule has 2 aromatic rings. The fraction of sp³-hybridized carbons (Fsp3) is 0.118. The zero-order valence-corrected chi connectivity index (χ0v) is 12.5. The van der Waals surface area contributed by atoms with E-state index in [9.17, 15) is 8.42 Å². The second kappa shape index (κ2) is 5.30. The maximum atomic E-state index is 12.2. The summed E-state index contributed by atoms with van der Waals surface area (Å²) in [6.07, 6.45) is 4.26. The summed E-state index contributed by atoms with van der Waals surface area (Å²) >= 11 is 0. The average molecular weight is 297 g/mol. The van der Waals surface area contributed by atoms with Gasteiger partial charge in [0.05, 0.1) is 4.90 Å². The summed E-state index contributed by atoms with van der Waals surface area (Å²) in [4.78, 5) is 0.222. The molecule has 0 spiro atoms. The van der Waals surface area contributed by atoms with Gasteiger partial charge in [0, 0.05) is 6.21 Å². The van der Waals surface area contributed by atoms with Crippen LogP contribution < -0.4 is 10.4 Å². The fourth-order valence-corrected chi connectivity index (χ4v) is 3.19. The van der Waals surface area contributed by atoms with Gasteiger partial charge in [-0.2, -0.15) is 12.8 Å². The Morgan fingerprint density at radius 3 is 2.52 bits per heavy atom. The van der Waals surface area contributed by atoms with Gasteiger partial charge >= 0.3 is 0 Å². The van der Waals surface area contributed by atoms with Crippen molar-refractivity contribution in [1.82, 2.24) is 0 Å². The normalized spacial score (nSPS) is 14.2. The SMILES string of the molecule is Cc1ccc(S(=O)(=O)/N=C/C2=c3ccccc3=CC2)cc1. The molecule has 106 valence electrons. The Labute approximate surface area is 124 Å². The van der Waals surface area contributed by atoms with Gasteiger partial charge in [0.2, 0.25) is 0 Å². The number of hydrogen-bond acceptors (Lipinski definition) is 2. The lowest BCUT2D eigenvalue weighted by atomic mass is 10.2. The molecule has 0 unspecified atom stereocenters. The molecule has 0 atom stereocenters. The Morgan fingerprint density at radius 1 is 1.05 bits per heavy atom. The molecule has 0 aliphatic heterocycles. The van der Waals surface area contributed by atoms with E-state index in [4.69, 9.17) is 0 Å². The zero-order valence-electron chi connectivity index (χ0n) is 11.7. The minimum atomic E-state index is -3.63. The van der Waals surface area contributed by atoms with Crippen molar-refractivity contribution in [2.45, 2.75) is 18.2 Å². The Kier molecular flexibility index (Phi) is 3.47. The van der Waals surface area contributed by atoms with Crippen molar-refractivity contribution in [3.05, 3.63) is 64.5 Å². The third kappa shape index (κ3) is 2.81. The molecule has 0 saturated heterocycles. The van der Waals surface area contributed by atoms with Crippen LogP contribution in [0.1, 0.15) is 12.0 Å². The Hall–Kier alpha value is -2.20. The van der Waals surface area contributed by atoms with E-state index in [1.165, 1.54) is 6.21 Å². The van der Waals surface area contributed by atoms with E-state index in [1.54, 1.807) is 24.3 Å². The highest BCUT2D eigenvalue weighted by atomic mass is 32.2. The number of nitrogens with zero attached hydrogens (tertiary/aromatic N) is 1. The second-order valence-electron chi connectivity index (χ2n) is 5.04. The molecule has 4 heteroatoms. The predicted molar refractivity (Wildman–Crippen MR) is 85.0 cm³/mol. The highest BCUT2D eigenvalue weighted by Crippen LogP contribution is 2.13. The summed E-state index contributed by atoms with van der Waals surface area (Å²) in [5, 5.41) is 2.19. The Morgan fingerprint density at radius 2 is 1.76 bits per heavy atom. The van der Waals surface area contributed by atoms with E-state index < -0.39 is 10.0 Å². The lowest BCUT2D eigenvalue weighted by Crippen LogP contribution is -2.22. The summed E-state index contributed by atoms with van der Waals surface area (Å²) in [5.74, 6) is 0. The summed E-state index contributed by atoms with van der Waals surface area (Å²) in [5.41, 5.74) is 1.95. The van der Waals surface area contributed by atoms with Crippen LogP contribution in [0.3, 0.4) is 0 Å². The van der Waals surface area contributed by atoms with Crippen molar-refractivity contribution in [2.24, 2.45) is 4.40 Å². The minimum Gasteiger partial charge on any atom is -0.199 e. The molecule has 0 saturated carbocycles. The first-order valence-corrected chi connectivity index (χ1v) is 8.16. The summed E-state index contributed by atoms with van der Waals surface area (Å²) in [7, 11) is -3.63. The van der Waals surface area contributed by atoms with E-state index >= 15 is 0 Å². The van der Waals surface area contributed by atoms with E-state index in [0.29, 0.717) is 6.42 Å². The van der Waals surface area contributed by atoms with Crippen molar-refractivity contribution >= 4 is 27.9 Å². The molecule has 0 aromatic heterocycles. The maximum absolute atomic E-state index is 12.2. The molecular weight excluding hydrogens is 282 g/mol. The molecule has 0 bridgehead atoms. The standard InChI is InChI=1S/C17H15NO2S/c1-13-6-10-16(11-7-13)21(19,20)18-12-15-9-8-14-4-2-3-5-17(14)15/h2-8,10-12H,9H2,1H3/b18-12+. The van der Waals surface area contributed by atoms with Crippen molar-refractivity contribution < 1.29 is 8.42 Å². The molecule has 0 heterocycles. The van der Waals surface area contributed by atoms with Gasteiger partial charge in [-0.15, -0.1) is 0 Å². The summed E-state index contributed by atoms with van der Waals surface area (Å²) < 4.78 is 28.2. The number of benzene rings is 2. The van der Waals surface area contributed by atoms with Crippen LogP contribution in [0.25, 0.3) is 11.6 Å². The molecule has 0 radical (unpaired) electrons. The number of sulfonamides is 1. The van der Waals surface area contributed by atoms with Crippen molar-refractivity contribution in [2.75, 3.05) is 0 Å². The van der Waals surface area contributed by atoms with E-state index in [1.807, 2.05) is 31.2 Å².